The Morgan fingerprint density at radius 1 is 1.18 bits per heavy atom. The zero-order valence-corrected chi connectivity index (χ0v) is 20.6. The number of nitrogens with one attached hydrogen (secondary N) is 3. The molecule has 6 heteroatoms. The van der Waals surface area contributed by atoms with Crippen LogP contribution < -0.4 is 16.0 Å². The zero-order chi connectivity index (χ0) is 20.1. The van der Waals surface area contributed by atoms with E-state index in [4.69, 9.17) is 11.6 Å². The minimum atomic E-state index is 0.383. The van der Waals surface area contributed by atoms with Crippen molar-refractivity contribution in [3.8, 4) is 0 Å². The molecule has 1 aromatic rings. The van der Waals surface area contributed by atoms with Crippen LogP contribution in [-0.2, 0) is 6.42 Å². The van der Waals surface area contributed by atoms with Gasteiger partial charge in [0.05, 0.1) is 6.04 Å². The van der Waals surface area contributed by atoms with E-state index in [9.17, 15) is 0 Å². The first-order valence-corrected chi connectivity index (χ1v) is 12.2. The second-order valence-corrected chi connectivity index (χ2v) is 9.88. The first kappa shape index (κ1) is 22.4. The fraction of sp³-hybridized carbons (Fsp3) is 0.545. The summed E-state index contributed by atoms with van der Waals surface area (Å²) < 4.78 is 2.31. The lowest BCUT2D eigenvalue weighted by molar-refractivity contribution is 0.287. The van der Waals surface area contributed by atoms with Gasteiger partial charge in [-0.3, -0.25) is 0 Å². The molecule has 0 spiro atoms. The maximum atomic E-state index is 6.36. The Bertz CT molecular complexity index is 740. The van der Waals surface area contributed by atoms with Crippen LogP contribution in [0.25, 0.3) is 0 Å². The molecule has 2 aliphatic heterocycles. The molecule has 154 valence electrons. The number of hydrogen-bond donors (Lipinski definition) is 3. The molecule has 2 heterocycles. The van der Waals surface area contributed by atoms with Gasteiger partial charge in [-0.25, -0.2) is 0 Å². The Kier molecular flexibility index (Phi) is 8.48. The maximum Gasteiger partial charge on any atom is 0.0543 e. The molecular weight excluding hydrogens is 502 g/mol. The first-order chi connectivity index (χ1) is 13.5. The fourth-order valence-electron chi connectivity index (χ4n) is 4.52. The summed E-state index contributed by atoms with van der Waals surface area (Å²) in [5.41, 5.74) is 4.39. The lowest BCUT2D eigenvalue weighted by Crippen LogP contribution is -2.41. The number of rotatable bonds is 2. The number of fused-ring (bicyclic) bond motifs is 2. The summed E-state index contributed by atoms with van der Waals surface area (Å²) in [6.07, 6.45) is 9.03. The van der Waals surface area contributed by atoms with Gasteiger partial charge < -0.3 is 16.0 Å². The van der Waals surface area contributed by atoms with E-state index in [1.165, 1.54) is 34.0 Å². The second kappa shape index (κ2) is 10.6. The second-order valence-electron chi connectivity index (χ2n) is 7.67. The highest BCUT2D eigenvalue weighted by Crippen LogP contribution is 2.46. The summed E-state index contributed by atoms with van der Waals surface area (Å²) in [5.74, 6) is 1.17. The van der Waals surface area contributed by atoms with Crippen molar-refractivity contribution in [3.05, 3.63) is 55.1 Å². The highest BCUT2D eigenvalue weighted by molar-refractivity contribution is 9.12. The molecule has 0 bridgehead atoms. The number of aryl methyl sites for hydroxylation is 1. The normalized spacial score (nSPS) is 24.5. The molecule has 2 atom stereocenters. The van der Waals surface area contributed by atoms with Crippen molar-refractivity contribution in [2.45, 2.75) is 44.6 Å². The smallest absolute Gasteiger partial charge is 0.0543 e. The highest BCUT2D eigenvalue weighted by Gasteiger charge is 2.38. The molecule has 3 nitrogen and oxygen atoms in total. The van der Waals surface area contributed by atoms with E-state index in [2.05, 4.69) is 79.1 Å². The summed E-state index contributed by atoms with van der Waals surface area (Å²) in [4.78, 5) is 0. The van der Waals surface area contributed by atoms with Crippen LogP contribution in [-0.4, -0.2) is 32.7 Å². The van der Waals surface area contributed by atoms with Crippen LogP contribution in [0.4, 0.5) is 0 Å². The molecule has 4 rings (SSSR count). The summed E-state index contributed by atoms with van der Waals surface area (Å²) >= 11 is 13.8. The first-order valence-electron chi connectivity index (χ1n) is 10.2. The van der Waals surface area contributed by atoms with Crippen LogP contribution >= 0.6 is 43.5 Å². The standard InChI is InChI=1S/C19H21Br2ClN2.C3H9N/c20-14-7-13-2-1-12-8-15(22)9-16(21)17(12)18(19(13)24-10-14)11-3-5-23-6-4-11;1-3-4-2/h7-11,18-19,23-24H,1-6H2;4H,3H2,1-2H3. The van der Waals surface area contributed by atoms with Crippen molar-refractivity contribution in [2.24, 2.45) is 5.92 Å². The molecule has 3 N–H and O–H groups in total. The van der Waals surface area contributed by atoms with Gasteiger partial charge >= 0.3 is 0 Å². The van der Waals surface area contributed by atoms with Gasteiger partial charge in [-0.05, 0) is 109 Å². The van der Waals surface area contributed by atoms with Gasteiger partial charge in [0.15, 0.2) is 0 Å². The predicted molar refractivity (Wildman–Crippen MR) is 127 cm³/mol. The van der Waals surface area contributed by atoms with Gasteiger partial charge in [-0.2, -0.15) is 0 Å². The predicted octanol–water partition coefficient (Wildman–Crippen LogP) is 5.49. The van der Waals surface area contributed by atoms with Crippen LogP contribution in [0.5, 0.6) is 0 Å². The van der Waals surface area contributed by atoms with Crippen molar-refractivity contribution < 1.29 is 0 Å². The topological polar surface area (TPSA) is 36.1 Å². The largest absolute Gasteiger partial charge is 0.383 e. The average molecular weight is 532 g/mol. The van der Waals surface area contributed by atoms with E-state index < -0.39 is 0 Å². The number of piperidine rings is 1. The van der Waals surface area contributed by atoms with E-state index in [0.29, 0.717) is 17.9 Å². The van der Waals surface area contributed by atoms with E-state index in [-0.39, 0.29) is 0 Å². The quantitative estimate of drug-likeness (QED) is 0.472. The van der Waals surface area contributed by atoms with Crippen LogP contribution in [0.3, 0.4) is 0 Å². The number of allylic oxidation sites excluding steroid dienone is 2. The van der Waals surface area contributed by atoms with Crippen molar-refractivity contribution in [1.82, 2.24) is 16.0 Å². The van der Waals surface area contributed by atoms with Gasteiger partial charge in [-0.15, -0.1) is 0 Å². The molecule has 3 aliphatic rings. The van der Waals surface area contributed by atoms with Crippen molar-refractivity contribution in [3.63, 3.8) is 0 Å². The van der Waals surface area contributed by atoms with Crippen LogP contribution in [0, 0.1) is 5.92 Å². The minimum absolute atomic E-state index is 0.383. The molecule has 0 radical (unpaired) electrons. The van der Waals surface area contributed by atoms with Crippen LogP contribution in [0.2, 0.25) is 5.02 Å². The third kappa shape index (κ3) is 5.23. The molecule has 28 heavy (non-hydrogen) atoms. The lowest BCUT2D eigenvalue weighted by atomic mass is 9.73. The van der Waals surface area contributed by atoms with Gasteiger partial charge in [-0.1, -0.05) is 34.5 Å². The van der Waals surface area contributed by atoms with Crippen molar-refractivity contribution >= 4 is 43.5 Å². The summed E-state index contributed by atoms with van der Waals surface area (Å²) in [6, 6.07) is 4.63. The fourth-order valence-corrected chi connectivity index (χ4v) is 6.09. The third-order valence-corrected chi connectivity index (χ3v) is 7.26. The average Bonchev–Trinajstić information content (AvgIpc) is 2.85. The molecule has 0 aromatic heterocycles. The number of dihydropyridines is 1. The lowest BCUT2D eigenvalue weighted by Gasteiger charge is -2.38. The molecule has 1 saturated heterocycles. The molecule has 1 fully saturated rings. The molecule has 0 saturated carbocycles. The van der Waals surface area contributed by atoms with Gasteiger partial charge in [0.1, 0.15) is 0 Å². The molecule has 1 aromatic carbocycles. The van der Waals surface area contributed by atoms with E-state index >= 15 is 0 Å². The van der Waals surface area contributed by atoms with E-state index in [1.54, 1.807) is 0 Å². The zero-order valence-electron chi connectivity index (χ0n) is 16.6. The third-order valence-electron chi connectivity index (χ3n) is 5.92. The summed E-state index contributed by atoms with van der Waals surface area (Å²) in [6.45, 7) is 5.38. The minimum Gasteiger partial charge on any atom is -0.383 e. The number of hydrogen-bond acceptors (Lipinski definition) is 3. The molecular formula is C22H30Br2ClN3. The molecule has 1 aliphatic carbocycles. The summed E-state index contributed by atoms with van der Waals surface area (Å²) in [5, 5.41) is 11.0. The van der Waals surface area contributed by atoms with Crippen molar-refractivity contribution in [1.29, 1.82) is 0 Å². The van der Waals surface area contributed by atoms with Gasteiger partial charge in [0, 0.05) is 26.1 Å². The Morgan fingerprint density at radius 3 is 2.57 bits per heavy atom. The van der Waals surface area contributed by atoms with E-state index in [1.807, 2.05) is 7.05 Å². The Labute approximate surface area is 191 Å². The SMILES string of the molecule is CCNC.Clc1cc(Br)c2c(c1)CCC1=CC(Br)=CNC1C2C1CCNCC1. The molecule has 2 unspecified atom stereocenters. The highest BCUT2D eigenvalue weighted by atomic mass is 79.9. The maximum absolute atomic E-state index is 6.36. The Morgan fingerprint density at radius 2 is 1.89 bits per heavy atom. The Balaban J connectivity index is 0.000000516. The van der Waals surface area contributed by atoms with Crippen LogP contribution in [0.1, 0.15) is 43.2 Å². The monoisotopic (exact) mass is 529 g/mol. The Hall–Kier alpha value is -0.330. The van der Waals surface area contributed by atoms with Crippen molar-refractivity contribution in [2.75, 3.05) is 26.7 Å². The van der Waals surface area contributed by atoms with Gasteiger partial charge in [0.25, 0.3) is 0 Å². The molecule has 0 amide bonds. The summed E-state index contributed by atoms with van der Waals surface area (Å²) in [7, 11) is 1.93. The van der Waals surface area contributed by atoms with Crippen LogP contribution in [0.15, 0.2) is 38.9 Å². The van der Waals surface area contributed by atoms with Gasteiger partial charge in [0.2, 0.25) is 0 Å². The number of benzene rings is 1. The number of halogens is 3. The van der Waals surface area contributed by atoms with E-state index in [0.717, 1.165) is 42.0 Å².